The molecule has 4 nitrogen and oxygen atoms in total. The maximum atomic E-state index is 12.5. The van der Waals surface area contributed by atoms with Crippen molar-refractivity contribution in [1.82, 2.24) is 10.2 Å². The van der Waals surface area contributed by atoms with Gasteiger partial charge in [0.05, 0.1) is 0 Å². The lowest BCUT2D eigenvalue weighted by Gasteiger charge is -2.23. The van der Waals surface area contributed by atoms with Gasteiger partial charge in [-0.2, -0.15) is 8.78 Å². The third-order valence-corrected chi connectivity index (χ3v) is 4.36. The summed E-state index contributed by atoms with van der Waals surface area (Å²) in [5, 5.41) is 3.34. The Kier molecular flexibility index (Phi) is 3.80. The van der Waals surface area contributed by atoms with Crippen LogP contribution in [0.3, 0.4) is 0 Å². The molecule has 2 aliphatic heterocycles. The van der Waals surface area contributed by atoms with E-state index in [1.807, 2.05) is 4.90 Å². The molecule has 1 atom stereocenters. The zero-order valence-corrected chi connectivity index (χ0v) is 11.6. The molecule has 0 bridgehead atoms. The Bertz CT molecular complexity index is 530. The summed E-state index contributed by atoms with van der Waals surface area (Å²) in [6, 6.07) is 6.01. The first-order valence-electron chi connectivity index (χ1n) is 7.13. The lowest BCUT2D eigenvalue weighted by Crippen LogP contribution is -2.33. The summed E-state index contributed by atoms with van der Waals surface area (Å²) >= 11 is 0. The van der Waals surface area contributed by atoms with E-state index in [0.717, 1.165) is 39.0 Å². The van der Waals surface area contributed by atoms with Gasteiger partial charge in [-0.1, -0.05) is 6.07 Å². The highest BCUT2D eigenvalue weighted by Gasteiger charge is 2.41. The summed E-state index contributed by atoms with van der Waals surface area (Å²) in [5.41, 5.74) is 0.600. The van der Waals surface area contributed by atoms with Crippen LogP contribution >= 0.6 is 0 Å². The second-order valence-corrected chi connectivity index (χ2v) is 5.81. The first kappa shape index (κ1) is 14.3. The number of carbonyl (C=O) groups excluding carboxylic acids is 1. The van der Waals surface area contributed by atoms with Gasteiger partial charge in [-0.05, 0) is 37.6 Å². The van der Waals surface area contributed by atoms with Gasteiger partial charge in [-0.15, -0.1) is 0 Å². The molecule has 1 unspecified atom stereocenters. The summed E-state index contributed by atoms with van der Waals surface area (Å²) < 4.78 is 28.8. The van der Waals surface area contributed by atoms with Crippen molar-refractivity contribution < 1.29 is 18.3 Å². The summed E-state index contributed by atoms with van der Waals surface area (Å²) in [4.78, 5) is 14.3. The van der Waals surface area contributed by atoms with E-state index in [2.05, 4.69) is 10.1 Å². The molecule has 1 aromatic rings. The zero-order chi connectivity index (χ0) is 14.9. The van der Waals surface area contributed by atoms with Gasteiger partial charge in [0.25, 0.3) is 5.91 Å². The minimum atomic E-state index is -2.88. The first-order valence-corrected chi connectivity index (χ1v) is 7.13. The molecule has 6 heteroatoms. The van der Waals surface area contributed by atoms with Crippen molar-refractivity contribution in [2.75, 3.05) is 26.2 Å². The molecule has 1 amide bonds. The van der Waals surface area contributed by atoms with Crippen LogP contribution in [0.1, 0.15) is 23.2 Å². The fourth-order valence-electron chi connectivity index (χ4n) is 3.24. The summed E-state index contributed by atoms with van der Waals surface area (Å²) in [6.07, 6.45) is 2.09. The van der Waals surface area contributed by atoms with Crippen molar-refractivity contribution in [3.8, 4) is 5.75 Å². The Hall–Kier alpha value is -1.69. The fraction of sp³-hybridized carbons (Fsp3) is 0.533. The van der Waals surface area contributed by atoms with Crippen LogP contribution in [0, 0.1) is 5.41 Å². The SMILES string of the molecule is O=C(c1cccc(OC(F)F)c1)N1CCC2(CCNC2)C1. The summed E-state index contributed by atoms with van der Waals surface area (Å²) in [5.74, 6) is -0.0919. The molecular formula is C15H18F2N2O2. The summed E-state index contributed by atoms with van der Waals surface area (Å²) in [7, 11) is 0. The number of hydrogen-bond acceptors (Lipinski definition) is 3. The average molecular weight is 296 g/mol. The highest BCUT2D eigenvalue weighted by molar-refractivity contribution is 5.94. The van der Waals surface area contributed by atoms with E-state index in [4.69, 9.17) is 0 Å². The smallest absolute Gasteiger partial charge is 0.387 e. The first-order chi connectivity index (χ1) is 10.1. The molecule has 21 heavy (non-hydrogen) atoms. The molecule has 0 radical (unpaired) electrons. The van der Waals surface area contributed by atoms with Crippen LogP contribution < -0.4 is 10.1 Å². The Morgan fingerprint density at radius 2 is 2.24 bits per heavy atom. The molecule has 114 valence electrons. The van der Waals surface area contributed by atoms with Crippen molar-refractivity contribution in [3.63, 3.8) is 0 Å². The fourth-order valence-corrected chi connectivity index (χ4v) is 3.24. The van der Waals surface area contributed by atoms with Gasteiger partial charge >= 0.3 is 6.61 Å². The lowest BCUT2D eigenvalue weighted by atomic mass is 9.86. The second kappa shape index (κ2) is 5.60. The Morgan fingerprint density at radius 1 is 1.38 bits per heavy atom. The van der Waals surface area contributed by atoms with Crippen LogP contribution in [0.25, 0.3) is 0 Å². The van der Waals surface area contributed by atoms with Crippen LogP contribution in [0.15, 0.2) is 24.3 Å². The number of alkyl halides is 2. The quantitative estimate of drug-likeness (QED) is 0.929. The van der Waals surface area contributed by atoms with Gasteiger partial charge in [-0.25, -0.2) is 0 Å². The number of amides is 1. The van der Waals surface area contributed by atoms with Crippen LogP contribution in [0.2, 0.25) is 0 Å². The number of carbonyl (C=O) groups is 1. The number of halogens is 2. The van der Waals surface area contributed by atoms with E-state index in [9.17, 15) is 13.6 Å². The maximum absolute atomic E-state index is 12.5. The predicted molar refractivity (Wildman–Crippen MR) is 73.5 cm³/mol. The molecule has 2 heterocycles. The minimum absolute atomic E-state index is 0.0206. The zero-order valence-electron chi connectivity index (χ0n) is 11.6. The molecule has 1 spiro atoms. The van der Waals surface area contributed by atoms with E-state index in [1.54, 1.807) is 12.1 Å². The molecule has 1 N–H and O–H groups in total. The highest BCUT2D eigenvalue weighted by Crippen LogP contribution is 2.36. The van der Waals surface area contributed by atoms with Gasteiger partial charge in [-0.3, -0.25) is 4.79 Å². The summed E-state index contributed by atoms with van der Waals surface area (Å²) in [6.45, 7) is 0.527. The molecule has 2 aliphatic rings. The van der Waals surface area contributed by atoms with E-state index >= 15 is 0 Å². The van der Waals surface area contributed by atoms with Gasteiger partial charge in [0.2, 0.25) is 0 Å². The van der Waals surface area contributed by atoms with Crippen molar-refractivity contribution in [2.45, 2.75) is 19.5 Å². The van der Waals surface area contributed by atoms with Crippen molar-refractivity contribution in [3.05, 3.63) is 29.8 Å². The molecule has 2 fully saturated rings. The molecule has 0 aromatic heterocycles. The van der Waals surface area contributed by atoms with Crippen LogP contribution in [-0.2, 0) is 0 Å². The molecule has 0 saturated carbocycles. The highest BCUT2D eigenvalue weighted by atomic mass is 19.3. The van der Waals surface area contributed by atoms with E-state index in [-0.39, 0.29) is 17.1 Å². The van der Waals surface area contributed by atoms with E-state index < -0.39 is 6.61 Å². The van der Waals surface area contributed by atoms with Gasteiger partial charge in [0.1, 0.15) is 5.75 Å². The molecule has 1 aromatic carbocycles. The predicted octanol–water partition coefficient (Wildman–Crippen LogP) is 2.11. The maximum Gasteiger partial charge on any atom is 0.387 e. The van der Waals surface area contributed by atoms with Crippen molar-refractivity contribution >= 4 is 5.91 Å². The minimum Gasteiger partial charge on any atom is -0.435 e. The van der Waals surface area contributed by atoms with Crippen LogP contribution in [0.4, 0.5) is 8.78 Å². The Morgan fingerprint density at radius 3 is 2.95 bits per heavy atom. The second-order valence-electron chi connectivity index (χ2n) is 5.81. The molecular weight excluding hydrogens is 278 g/mol. The third kappa shape index (κ3) is 3.00. The molecule has 0 aliphatic carbocycles. The van der Waals surface area contributed by atoms with Crippen molar-refractivity contribution in [2.24, 2.45) is 5.41 Å². The number of rotatable bonds is 3. The largest absolute Gasteiger partial charge is 0.435 e. The number of likely N-dealkylation sites (tertiary alicyclic amines) is 1. The van der Waals surface area contributed by atoms with E-state index in [0.29, 0.717) is 5.56 Å². The van der Waals surface area contributed by atoms with Gasteiger partial charge in [0.15, 0.2) is 0 Å². The van der Waals surface area contributed by atoms with Crippen LogP contribution in [-0.4, -0.2) is 43.6 Å². The topological polar surface area (TPSA) is 41.6 Å². The standard InChI is InChI=1S/C15H18F2N2O2/c16-14(17)21-12-3-1-2-11(8-12)13(20)19-7-5-15(10-19)4-6-18-9-15/h1-3,8,14,18H,4-7,9-10H2. The molecule has 2 saturated heterocycles. The van der Waals surface area contributed by atoms with E-state index in [1.165, 1.54) is 12.1 Å². The van der Waals surface area contributed by atoms with Gasteiger partial charge in [0, 0.05) is 30.6 Å². The number of ether oxygens (including phenoxy) is 1. The molecule has 3 rings (SSSR count). The normalized spacial score (nSPS) is 25.0. The third-order valence-electron chi connectivity index (χ3n) is 4.36. The lowest BCUT2D eigenvalue weighted by molar-refractivity contribution is -0.0499. The van der Waals surface area contributed by atoms with Gasteiger partial charge < -0.3 is 15.0 Å². The number of nitrogens with one attached hydrogen (secondary N) is 1. The number of nitrogens with zero attached hydrogens (tertiary/aromatic N) is 1. The Balaban J connectivity index is 1.71. The number of hydrogen-bond donors (Lipinski definition) is 1. The monoisotopic (exact) mass is 296 g/mol. The average Bonchev–Trinajstić information content (AvgIpc) is 3.08. The Labute approximate surface area is 122 Å². The number of benzene rings is 1. The van der Waals surface area contributed by atoms with Crippen LogP contribution in [0.5, 0.6) is 5.75 Å². The van der Waals surface area contributed by atoms with Crippen molar-refractivity contribution in [1.29, 1.82) is 0 Å².